The molecule has 1 heterocycles. The molecule has 1 rings (SSSR count). The summed E-state index contributed by atoms with van der Waals surface area (Å²) in [7, 11) is 2.19. The van der Waals surface area contributed by atoms with Gasteiger partial charge >= 0.3 is 0 Å². The van der Waals surface area contributed by atoms with Crippen LogP contribution in [0, 0.1) is 0 Å². The lowest BCUT2D eigenvalue weighted by molar-refractivity contribution is 0.0314. The summed E-state index contributed by atoms with van der Waals surface area (Å²) >= 11 is 0. The van der Waals surface area contributed by atoms with Crippen LogP contribution in [0.3, 0.4) is 0 Å². The van der Waals surface area contributed by atoms with Crippen LogP contribution in [0.2, 0.25) is 0 Å². The van der Waals surface area contributed by atoms with Gasteiger partial charge in [-0.2, -0.15) is 0 Å². The van der Waals surface area contributed by atoms with Gasteiger partial charge in [0.1, 0.15) is 0 Å². The van der Waals surface area contributed by atoms with Crippen LogP contribution in [-0.4, -0.2) is 37.2 Å². The first kappa shape index (κ1) is 10.0. The maximum absolute atomic E-state index is 5.70. The van der Waals surface area contributed by atoms with Crippen molar-refractivity contribution in [3.8, 4) is 0 Å². The standard InChI is InChI=1S/C10H21NO/c1-4-9(2)12-8-10-6-5-7-11(10)3/h9-10H,4-8H2,1-3H3/t9?,10-/m0/s1. The Balaban J connectivity index is 2.13. The highest BCUT2D eigenvalue weighted by Crippen LogP contribution is 2.15. The molecule has 1 saturated heterocycles. The smallest absolute Gasteiger partial charge is 0.0625 e. The van der Waals surface area contributed by atoms with E-state index in [0.29, 0.717) is 12.1 Å². The molecule has 0 aromatic carbocycles. The molecular weight excluding hydrogens is 150 g/mol. The number of rotatable bonds is 4. The van der Waals surface area contributed by atoms with Gasteiger partial charge in [-0.15, -0.1) is 0 Å². The summed E-state index contributed by atoms with van der Waals surface area (Å²) in [6.07, 6.45) is 4.20. The van der Waals surface area contributed by atoms with Crippen LogP contribution < -0.4 is 0 Å². The third-order valence-electron chi connectivity index (χ3n) is 2.82. The maximum atomic E-state index is 5.70. The first-order valence-electron chi connectivity index (χ1n) is 5.06. The highest BCUT2D eigenvalue weighted by molar-refractivity contribution is 4.75. The van der Waals surface area contributed by atoms with E-state index in [1.54, 1.807) is 0 Å². The van der Waals surface area contributed by atoms with E-state index in [0.717, 1.165) is 13.0 Å². The number of likely N-dealkylation sites (tertiary alicyclic amines) is 1. The number of likely N-dealkylation sites (N-methyl/N-ethyl adjacent to an activating group) is 1. The summed E-state index contributed by atoms with van der Waals surface area (Å²) in [5.74, 6) is 0. The van der Waals surface area contributed by atoms with Crippen LogP contribution in [0.4, 0.5) is 0 Å². The molecule has 0 spiro atoms. The van der Waals surface area contributed by atoms with Gasteiger partial charge in [-0.05, 0) is 39.8 Å². The van der Waals surface area contributed by atoms with Crippen molar-refractivity contribution in [3.05, 3.63) is 0 Å². The lowest BCUT2D eigenvalue weighted by atomic mass is 10.2. The second-order valence-electron chi connectivity index (χ2n) is 3.83. The summed E-state index contributed by atoms with van der Waals surface area (Å²) in [5, 5.41) is 0. The second kappa shape index (κ2) is 4.83. The van der Waals surface area contributed by atoms with Crippen molar-refractivity contribution in [1.29, 1.82) is 0 Å². The van der Waals surface area contributed by atoms with Crippen molar-refractivity contribution < 1.29 is 4.74 Å². The number of hydrogen-bond acceptors (Lipinski definition) is 2. The third-order valence-corrected chi connectivity index (χ3v) is 2.82. The Morgan fingerprint density at radius 1 is 1.58 bits per heavy atom. The lowest BCUT2D eigenvalue weighted by Gasteiger charge is -2.21. The third kappa shape index (κ3) is 2.76. The summed E-state index contributed by atoms with van der Waals surface area (Å²) < 4.78 is 5.70. The Bertz CT molecular complexity index is 127. The molecule has 1 fully saturated rings. The average Bonchev–Trinajstić information content (AvgIpc) is 2.47. The van der Waals surface area contributed by atoms with Crippen LogP contribution in [-0.2, 0) is 4.74 Å². The zero-order chi connectivity index (χ0) is 8.97. The fourth-order valence-electron chi connectivity index (χ4n) is 1.58. The molecule has 1 aliphatic heterocycles. The molecule has 2 heteroatoms. The maximum Gasteiger partial charge on any atom is 0.0625 e. The summed E-state index contributed by atoms with van der Waals surface area (Å²) in [6, 6.07) is 0.680. The zero-order valence-corrected chi connectivity index (χ0v) is 8.55. The van der Waals surface area contributed by atoms with Gasteiger partial charge in [0.15, 0.2) is 0 Å². The normalized spacial score (nSPS) is 27.8. The summed E-state index contributed by atoms with van der Waals surface area (Å²) in [5.41, 5.74) is 0. The average molecular weight is 171 g/mol. The monoisotopic (exact) mass is 171 g/mol. The van der Waals surface area contributed by atoms with Gasteiger partial charge in [0.2, 0.25) is 0 Å². The molecule has 2 atom stereocenters. The Kier molecular flexibility index (Phi) is 4.02. The molecule has 0 aliphatic carbocycles. The Morgan fingerprint density at radius 2 is 2.33 bits per heavy atom. The molecule has 0 aromatic heterocycles. The molecular formula is C10H21NO. The quantitative estimate of drug-likeness (QED) is 0.640. The molecule has 12 heavy (non-hydrogen) atoms. The SMILES string of the molecule is CCC(C)OC[C@@H]1CCCN1C. The zero-order valence-electron chi connectivity index (χ0n) is 8.55. The van der Waals surface area contributed by atoms with E-state index in [2.05, 4.69) is 25.8 Å². The largest absolute Gasteiger partial charge is 0.377 e. The predicted molar refractivity (Wildman–Crippen MR) is 51.4 cm³/mol. The lowest BCUT2D eigenvalue weighted by Crippen LogP contribution is -2.30. The Morgan fingerprint density at radius 3 is 2.83 bits per heavy atom. The van der Waals surface area contributed by atoms with Crippen molar-refractivity contribution in [3.63, 3.8) is 0 Å². The number of ether oxygens (including phenoxy) is 1. The van der Waals surface area contributed by atoms with E-state index >= 15 is 0 Å². The fraction of sp³-hybridized carbons (Fsp3) is 1.00. The van der Waals surface area contributed by atoms with E-state index in [9.17, 15) is 0 Å². The molecule has 0 radical (unpaired) electrons. The van der Waals surface area contributed by atoms with Crippen LogP contribution in [0.5, 0.6) is 0 Å². The second-order valence-corrected chi connectivity index (χ2v) is 3.83. The van der Waals surface area contributed by atoms with Crippen LogP contribution in [0.15, 0.2) is 0 Å². The van der Waals surface area contributed by atoms with Gasteiger partial charge in [0.25, 0.3) is 0 Å². The number of nitrogens with zero attached hydrogens (tertiary/aromatic N) is 1. The van der Waals surface area contributed by atoms with E-state index in [1.165, 1.54) is 19.4 Å². The molecule has 1 aliphatic rings. The van der Waals surface area contributed by atoms with Crippen molar-refractivity contribution in [2.75, 3.05) is 20.2 Å². The van der Waals surface area contributed by atoms with E-state index in [-0.39, 0.29) is 0 Å². The van der Waals surface area contributed by atoms with E-state index < -0.39 is 0 Å². The van der Waals surface area contributed by atoms with Crippen molar-refractivity contribution in [1.82, 2.24) is 4.90 Å². The van der Waals surface area contributed by atoms with Crippen LogP contribution >= 0.6 is 0 Å². The first-order chi connectivity index (χ1) is 5.74. The Hall–Kier alpha value is -0.0800. The van der Waals surface area contributed by atoms with E-state index in [1.807, 2.05) is 0 Å². The Labute approximate surface area is 75.9 Å². The highest BCUT2D eigenvalue weighted by atomic mass is 16.5. The van der Waals surface area contributed by atoms with Gasteiger partial charge in [-0.25, -0.2) is 0 Å². The van der Waals surface area contributed by atoms with Crippen molar-refractivity contribution in [2.45, 2.75) is 45.3 Å². The first-order valence-corrected chi connectivity index (χ1v) is 5.06. The molecule has 2 nitrogen and oxygen atoms in total. The highest BCUT2D eigenvalue weighted by Gasteiger charge is 2.21. The molecule has 0 amide bonds. The summed E-state index contributed by atoms with van der Waals surface area (Å²) in [4.78, 5) is 2.41. The molecule has 0 N–H and O–H groups in total. The van der Waals surface area contributed by atoms with Crippen molar-refractivity contribution >= 4 is 0 Å². The van der Waals surface area contributed by atoms with Gasteiger partial charge in [0.05, 0.1) is 12.7 Å². The summed E-state index contributed by atoms with van der Waals surface area (Å²) in [6.45, 7) is 6.48. The molecule has 0 saturated carbocycles. The van der Waals surface area contributed by atoms with Crippen LogP contribution in [0.25, 0.3) is 0 Å². The molecule has 72 valence electrons. The van der Waals surface area contributed by atoms with Gasteiger partial charge < -0.3 is 9.64 Å². The minimum absolute atomic E-state index is 0.430. The van der Waals surface area contributed by atoms with Gasteiger partial charge in [-0.1, -0.05) is 6.92 Å². The van der Waals surface area contributed by atoms with E-state index in [4.69, 9.17) is 4.74 Å². The molecule has 0 aromatic rings. The topological polar surface area (TPSA) is 12.5 Å². The fourth-order valence-corrected chi connectivity index (χ4v) is 1.58. The van der Waals surface area contributed by atoms with Crippen LogP contribution in [0.1, 0.15) is 33.1 Å². The molecule has 0 bridgehead atoms. The minimum atomic E-state index is 0.430. The van der Waals surface area contributed by atoms with Crippen molar-refractivity contribution in [2.24, 2.45) is 0 Å². The number of hydrogen-bond donors (Lipinski definition) is 0. The van der Waals surface area contributed by atoms with Gasteiger partial charge in [0, 0.05) is 6.04 Å². The van der Waals surface area contributed by atoms with Gasteiger partial charge in [-0.3, -0.25) is 0 Å². The predicted octanol–water partition coefficient (Wildman–Crippen LogP) is 1.90. The minimum Gasteiger partial charge on any atom is -0.377 e. The molecule has 1 unspecified atom stereocenters.